The number of sulfonamides is 1. The van der Waals surface area contributed by atoms with Crippen molar-refractivity contribution in [1.82, 2.24) is 19.3 Å². The van der Waals surface area contributed by atoms with Gasteiger partial charge in [-0.3, -0.25) is 4.40 Å². The second-order valence-corrected chi connectivity index (χ2v) is 6.87. The zero-order valence-corrected chi connectivity index (χ0v) is 11.4. The highest BCUT2D eigenvalue weighted by molar-refractivity contribution is 7.90. The molecule has 0 aromatic carbocycles. The van der Waals surface area contributed by atoms with E-state index in [2.05, 4.69) is 14.9 Å². The quantitative estimate of drug-likeness (QED) is 0.922. The first kappa shape index (κ1) is 14.3. The largest absolute Gasteiger partial charge is 0.416 e. The van der Waals surface area contributed by atoms with Gasteiger partial charge >= 0.3 is 6.18 Å². The van der Waals surface area contributed by atoms with Crippen molar-refractivity contribution in [1.29, 1.82) is 0 Å². The Morgan fingerprint density at radius 1 is 1.33 bits per heavy atom. The minimum Gasteiger partial charge on any atom is -0.285 e. The second-order valence-electron chi connectivity index (χ2n) is 4.82. The third-order valence-electron chi connectivity index (χ3n) is 3.20. The molecule has 1 fully saturated rings. The predicted molar refractivity (Wildman–Crippen MR) is 66.8 cm³/mol. The van der Waals surface area contributed by atoms with Gasteiger partial charge in [0.25, 0.3) is 0 Å². The van der Waals surface area contributed by atoms with Gasteiger partial charge in [0.2, 0.25) is 10.0 Å². The fourth-order valence-corrected chi connectivity index (χ4v) is 3.22. The van der Waals surface area contributed by atoms with E-state index in [1.54, 1.807) is 0 Å². The van der Waals surface area contributed by atoms with Crippen molar-refractivity contribution in [3.05, 3.63) is 29.7 Å². The van der Waals surface area contributed by atoms with Crippen molar-refractivity contribution < 1.29 is 21.6 Å². The van der Waals surface area contributed by atoms with E-state index >= 15 is 0 Å². The summed E-state index contributed by atoms with van der Waals surface area (Å²) >= 11 is 0. The lowest BCUT2D eigenvalue weighted by Gasteiger charge is -2.07. The molecule has 0 amide bonds. The Bertz CT molecular complexity index is 780. The van der Waals surface area contributed by atoms with Gasteiger partial charge in [-0.15, -0.1) is 10.2 Å². The smallest absolute Gasteiger partial charge is 0.285 e. The molecule has 0 radical (unpaired) electrons. The van der Waals surface area contributed by atoms with Crippen LogP contribution in [0.2, 0.25) is 0 Å². The molecular weight excluding hydrogens is 309 g/mol. The van der Waals surface area contributed by atoms with E-state index in [1.807, 2.05) is 0 Å². The highest BCUT2D eigenvalue weighted by Crippen LogP contribution is 2.30. The van der Waals surface area contributed by atoms with Crippen LogP contribution < -0.4 is 4.72 Å². The third kappa shape index (κ3) is 2.86. The van der Waals surface area contributed by atoms with E-state index in [4.69, 9.17) is 0 Å². The van der Waals surface area contributed by atoms with Gasteiger partial charge in [-0.25, -0.2) is 13.1 Å². The van der Waals surface area contributed by atoms with Crippen LogP contribution in [-0.2, 0) is 22.7 Å². The normalized spacial score (nSPS) is 16.5. The molecule has 114 valence electrons. The molecule has 21 heavy (non-hydrogen) atoms. The lowest BCUT2D eigenvalue weighted by atomic mass is 10.2. The zero-order valence-electron chi connectivity index (χ0n) is 10.6. The topological polar surface area (TPSA) is 76.4 Å². The van der Waals surface area contributed by atoms with E-state index in [0.29, 0.717) is 12.8 Å². The van der Waals surface area contributed by atoms with Crippen LogP contribution in [0.1, 0.15) is 24.2 Å². The van der Waals surface area contributed by atoms with Crippen molar-refractivity contribution >= 4 is 15.7 Å². The van der Waals surface area contributed by atoms with Crippen molar-refractivity contribution in [2.24, 2.45) is 0 Å². The number of hydrogen-bond donors (Lipinski definition) is 1. The van der Waals surface area contributed by atoms with Crippen LogP contribution in [0.25, 0.3) is 5.65 Å². The number of pyridine rings is 1. The molecular formula is C11H11F3N4O2S. The third-order valence-corrected chi connectivity index (χ3v) is 5.10. The fourth-order valence-electron chi connectivity index (χ4n) is 1.90. The summed E-state index contributed by atoms with van der Waals surface area (Å²) in [6, 6.07) is 1.77. The van der Waals surface area contributed by atoms with Gasteiger partial charge in [0.1, 0.15) is 0 Å². The van der Waals surface area contributed by atoms with E-state index in [9.17, 15) is 21.6 Å². The standard InChI is InChI=1S/C11H11F3N4O2S/c12-11(13,14)7-3-4-18-9(5-7)16-17-10(18)6-15-21(19,20)8-1-2-8/h3-5,8,15H,1-2,6H2. The highest BCUT2D eigenvalue weighted by Gasteiger charge is 2.35. The van der Waals surface area contributed by atoms with Gasteiger partial charge in [0, 0.05) is 6.20 Å². The minimum absolute atomic E-state index is 0.0189. The van der Waals surface area contributed by atoms with Crippen molar-refractivity contribution in [3.8, 4) is 0 Å². The second kappa shape index (κ2) is 4.67. The molecule has 0 spiro atoms. The maximum absolute atomic E-state index is 12.6. The summed E-state index contributed by atoms with van der Waals surface area (Å²) < 4.78 is 64.8. The molecule has 0 aliphatic heterocycles. The molecule has 2 aromatic rings. The highest BCUT2D eigenvalue weighted by atomic mass is 32.2. The number of aromatic nitrogens is 3. The molecule has 1 saturated carbocycles. The van der Waals surface area contributed by atoms with Gasteiger partial charge < -0.3 is 0 Å². The van der Waals surface area contributed by atoms with Crippen LogP contribution in [0.15, 0.2) is 18.3 Å². The minimum atomic E-state index is -4.46. The predicted octanol–water partition coefficient (Wildman–Crippen LogP) is 1.33. The Kier molecular flexibility index (Phi) is 3.17. The molecule has 0 atom stereocenters. The molecule has 2 heterocycles. The number of nitrogens with one attached hydrogen (secondary N) is 1. The van der Waals surface area contributed by atoms with E-state index in [-0.39, 0.29) is 23.3 Å². The fraction of sp³-hybridized carbons (Fsp3) is 0.455. The monoisotopic (exact) mass is 320 g/mol. The summed E-state index contributed by atoms with van der Waals surface area (Å²) in [7, 11) is -3.37. The molecule has 1 aliphatic rings. The van der Waals surface area contributed by atoms with Gasteiger partial charge in [-0.2, -0.15) is 13.2 Å². The number of fused-ring (bicyclic) bond motifs is 1. The zero-order chi connectivity index (χ0) is 15.3. The summed E-state index contributed by atoms with van der Waals surface area (Å²) in [4.78, 5) is 0. The van der Waals surface area contributed by atoms with Crippen LogP contribution in [0.4, 0.5) is 13.2 Å². The van der Waals surface area contributed by atoms with Crippen molar-refractivity contribution in [2.45, 2.75) is 30.8 Å². The van der Waals surface area contributed by atoms with E-state index < -0.39 is 21.8 Å². The van der Waals surface area contributed by atoms with Crippen LogP contribution in [-0.4, -0.2) is 28.3 Å². The SMILES string of the molecule is O=S(=O)(NCc1nnc2cc(C(F)(F)F)ccn12)C1CC1. The summed E-state index contributed by atoms with van der Waals surface area (Å²) in [5.74, 6) is 0.239. The van der Waals surface area contributed by atoms with Crippen LogP contribution >= 0.6 is 0 Å². The van der Waals surface area contributed by atoms with Crippen molar-refractivity contribution in [2.75, 3.05) is 0 Å². The Morgan fingerprint density at radius 2 is 2.05 bits per heavy atom. The van der Waals surface area contributed by atoms with Gasteiger partial charge in [0.15, 0.2) is 11.5 Å². The average molecular weight is 320 g/mol. The van der Waals surface area contributed by atoms with E-state index in [0.717, 1.165) is 12.1 Å². The Morgan fingerprint density at radius 3 is 2.67 bits per heavy atom. The number of rotatable bonds is 4. The lowest BCUT2D eigenvalue weighted by Crippen LogP contribution is -2.27. The first-order valence-electron chi connectivity index (χ1n) is 6.17. The first-order valence-corrected chi connectivity index (χ1v) is 7.71. The van der Waals surface area contributed by atoms with Gasteiger partial charge in [0.05, 0.1) is 17.4 Å². The maximum atomic E-state index is 12.6. The number of halogens is 3. The summed E-state index contributed by atoms with van der Waals surface area (Å²) in [5, 5.41) is 6.98. The first-order chi connectivity index (χ1) is 9.77. The molecule has 10 heteroatoms. The summed E-state index contributed by atoms with van der Waals surface area (Å²) in [6.45, 7) is -0.106. The molecule has 0 unspecified atom stereocenters. The molecule has 0 saturated heterocycles. The molecule has 1 aliphatic carbocycles. The Labute approximate surface area is 118 Å². The number of nitrogens with zero attached hydrogens (tertiary/aromatic N) is 3. The van der Waals surface area contributed by atoms with Gasteiger partial charge in [-0.05, 0) is 25.0 Å². The number of alkyl halides is 3. The van der Waals surface area contributed by atoms with Crippen LogP contribution in [0.5, 0.6) is 0 Å². The summed E-state index contributed by atoms with van der Waals surface area (Å²) in [5.41, 5.74) is -0.807. The molecule has 1 N–H and O–H groups in total. The summed E-state index contributed by atoms with van der Waals surface area (Å²) in [6.07, 6.45) is -2.02. The van der Waals surface area contributed by atoms with Crippen molar-refractivity contribution in [3.63, 3.8) is 0 Å². The Balaban J connectivity index is 1.84. The number of hydrogen-bond acceptors (Lipinski definition) is 4. The Hall–Kier alpha value is -1.68. The maximum Gasteiger partial charge on any atom is 0.416 e. The average Bonchev–Trinajstić information content (AvgIpc) is 3.17. The molecule has 6 nitrogen and oxygen atoms in total. The van der Waals surface area contributed by atoms with Crippen LogP contribution in [0.3, 0.4) is 0 Å². The molecule has 0 bridgehead atoms. The van der Waals surface area contributed by atoms with Crippen LogP contribution in [0, 0.1) is 0 Å². The molecule has 3 rings (SSSR count). The van der Waals surface area contributed by atoms with E-state index in [1.165, 1.54) is 10.6 Å². The van der Waals surface area contributed by atoms with Gasteiger partial charge in [-0.1, -0.05) is 0 Å². The molecule has 2 aromatic heterocycles. The lowest BCUT2D eigenvalue weighted by molar-refractivity contribution is -0.137.